The number of nitrogens with one attached hydrogen (secondary N) is 1. The van der Waals surface area contributed by atoms with Gasteiger partial charge in [0.1, 0.15) is 24.1 Å². The topological polar surface area (TPSA) is 82.5 Å². The average Bonchev–Trinajstić information content (AvgIpc) is 3.22. The van der Waals surface area contributed by atoms with Gasteiger partial charge in [0.15, 0.2) is 0 Å². The van der Waals surface area contributed by atoms with Crippen molar-refractivity contribution in [3.8, 4) is 11.1 Å². The first-order valence-electron chi connectivity index (χ1n) is 10.8. The van der Waals surface area contributed by atoms with Gasteiger partial charge in [0.2, 0.25) is 0 Å². The van der Waals surface area contributed by atoms with Gasteiger partial charge in [-0.2, -0.15) is 5.10 Å². The molecule has 0 aliphatic carbocycles. The lowest BCUT2D eigenvalue weighted by atomic mass is 10.1. The van der Waals surface area contributed by atoms with Gasteiger partial charge in [0.05, 0.1) is 38.7 Å². The van der Waals surface area contributed by atoms with E-state index in [1.807, 2.05) is 29.1 Å². The Balaban J connectivity index is 1.41. The second kappa shape index (κ2) is 10.2. The third kappa shape index (κ3) is 5.28. The molecule has 3 heterocycles. The number of halogens is 1. The van der Waals surface area contributed by atoms with Crippen LogP contribution in [-0.4, -0.2) is 68.9 Å². The molecule has 34 heavy (non-hydrogen) atoms. The Morgan fingerprint density at radius 3 is 2.88 bits per heavy atom. The van der Waals surface area contributed by atoms with E-state index in [1.165, 1.54) is 17.2 Å². The Morgan fingerprint density at radius 1 is 1.35 bits per heavy atom. The molecule has 1 aromatic heterocycles. The fraction of sp³-hybridized carbons (Fsp3) is 0.292. The summed E-state index contributed by atoms with van der Waals surface area (Å²) in [7, 11) is 3.45. The fourth-order valence-electron chi connectivity index (χ4n) is 3.61. The van der Waals surface area contributed by atoms with Crippen LogP contribution in [0.4, 0.5) is 20.7 Å². The lowest BCUT2D eigenvalue weighted by Crippen LogP contribution is -2.36. The first-order valence-corrected chi connectivity index (χ1v) is 10.8. The molecule has 1 aromatic carbocycles. The third-order valence-electron chi connectivity index (χ3n) is 5.51. The van der Waals surface area contributed by atoms with E-state index in [0.29, 0.717) is 35.6 Å². The average molecular weight is 467 g/mol. The summed E-state index contributed by atoms with van der Waals surface area (Å²) in [6, 6.07) is 8.35. The summed E-state index contributed by atoms with van der Waals surface area (Å²) in [5.41, 5.74) is 2.12. The predicted octanol–water partition coefficient (Wildman–Crippen LogP) is 3.17. The number of nitrogens with zero attached hydrogens (tertiary/aromatic N) is 5. The first-order chi connectivity index (χ1) is 16.4. The van der Waals surface area contributed by atoms with Crippen molar-refractivity contribution in [2.24, 2.45) is 5.10 Å². The van der Waals surface area contributed by atoms with Crippen molar-refractivity contribution in [1.82, 2.24) is 15.3 Å². The number of allylic oxidation sites excluding steroid dienone is 1. The summed E-state index contributed by atoms with van der Waals surface area (Å²) in [5.74, 6) is 0.304. The van der Waals surface area contributed by atoms with Gasteiger partial charge in [-0.25, -0.2) is 14.2 Å². The molecular weight excluding hydrogens is 439 g/mol. The van der Waals surface area contributed by atoms with Crippen LogP contribution in [0.2, 0.25) is 0 Å². The van der Waals surface area contributed by atoms with E-state index in [9.17, 15) is 9.18 Å². The van der Waals surface area contributed by atoms with Crippen LogP contribution in [0.25, 0.3) is 11.1 Å². The van der Waals surface area contributed by atoms with E-state index < -0.39 is 18.0 Å². The smallest absolute Gasteiger partial charge is 0.414 e. The van der Waals surface area contributed by atoms with Gasteiger partial charge in [-0.15, -0.1) is 0 Å². The van der Waals surface area contributed by atoms with E-state index in [4.69, 9.17) is 9.47 Å². The van der Waals surface area contributed by atoms with Gasteiger partial charge in [-0.05, 0) is 36.4 Å². The second-order valence-corrected chi connectivity index (χ2v) is 7.94. The van der Waals surface area contributed by atoms with Crippen LogP contribution in [0.15, 0.2) is 66.2 Å². The molecule has 2 aliphatic rings. The van der Waals surface area contributed by atoms with Crippen molar-refractivity contribution in [2.45, 2.75) is 6.10 Å². The molecule has 2 aliphatic heterocycles. The third-order valence-corrected chi connectivity index (χ3v) is 5.51. The Morgan fingerprint density at radius 2 is 2.21 bits per heavy atom. The number of rotatable bonds is 8. The van der Waals surface area contributed by atoms with Gasteiger partial charge in [-0.1, -0.05) is 6.58 Å². The van der Waals surface area contributed by atoms with Crippen LogP contribution in [0, 0.1) is 5.82 Å². The number of hydrogen-bond donors (Lipinski definition) is 1. The van der Waals surface area contributed by atoms with E-state index in [1.54, 1.807) is 37.9 Å². The molecule has 1 unspecified atom stereocenters. The minimum absolute atomic E-state index is 0.300. The van der Waals surface area contributed by atoms with Gasteiger partial charge < -0.3 is 19.7 Å². The van der Waals surface area contributed by atoms with Gasteiger partial charge in [-0.3, -0.25) is 9.91 Å². The van der Waals surface area contributed by atoms with Crippen LogP contribution in [0.5, 0.6) is 0 Å². The zero-order valence-electron chi connectivity index (χ0n) is 19.1. The monoisotopic (exact) mass is 466 g/mol. The molecule has 1 N–H and O–H groups in total. The molecule has 1 atom stereocenters. The molecule has 0 saturated carbocycles. The number of pyridine rings is 1. The van der Waals surface area contributed by atoms with E-state index in [-0.39, 0.29) is 0 Å². The number of hydrogen-bond acceptors (Lipinski definition) is 8. The maximum absolute atomic E-state index is 15.0. The van der Waals surface area contributed by atoms with Crippen LogP contribution in [-0.2, 0) is 9.47 Å². The largest absolute Gasteiger partial charge is 0.504 e. The molecule has 1 amide bonds. The minimum atomic E-state index is -0.517. The highest BCUT2D eigenvalue weighted by Gasteiger charge is 2.32. The first kappa shape index (κ1) is 23.1. The zero-order chi connectivity index (χ0) is 24.1. The quantitative estimate of drug-likeness (QED) is 0.473. The van der Waals surface area contributed by atoms with Crippen molar-refractivity contribution in [2.75, 3.05) is 50.1 Å². The normalized spacial score (nSPS) is 17.9. The maximum Gasteiger partial charge on any atom is 0.414 e. The Bertz CT molecular complexity index is 1100. The number of carbonyl (C=O) groups is 1. The summed E-state index contributed by atoms with van der Waals surface area (Å²) < 4.78 is 25.2. The number of methoxy groups -OCH3 is 1. The number of cyclic esters (lactones) is 1. The van der Waals surface area contributed by atoms with Gasteiger partial charge >= 0.3 is 6.09 Å². The zero-order valence-corrected chi connectivity index (χ0v) is 19.1. The number of carbonyl (C=O) groups excluding carboxylic acids is 1. The van der Waals surface area contributed by atoms with Gasteiger partial charge in [0.25, 0.3) is 0 Å². The fourth-order valence-corrected chi connectivity index (χ4v) is 3.61. The van der Waals surface area contributed by atoms with E-state index in [2.05, 4.69) is 22.0 Å². The Kier molecular flexibility index (Phi) is 6.95. The number of anilines is 2. The molecule has 0 bridgehead atoms. The summed E-state index contributed by atoms with van der Waals surface area (Å²) in [4.78, 5) is 20.2. The summed E-state index contributed by atoms with van der Waals surface area (Å²) >= 11 is 0. The molecule has 178 valence electrons. The van der Waals surface area contributed by atoms with Gasteiger partial charge in [0, 0.05) is 36.6 Å². The Labute approximate surface area is 197 Å². The number of hydrazone groups is 1. The SMILES string of the molecule is C=C(/C=C\OC)NCC1CN(c2ccc(-c3ccc(N4C=NN(C)CC4)nc3)c(F)c2)C(=O)O1. The molecule has 1 saturated heterocycles. The van der Waals surface area contributed by atoms with Crippen LogP contribution in [0.1, 0.15) is 0 Å². The standard InChI is InChI=1S/C24H27FN6O3/c1-17(8-11-33-3)26-14-20-15-31(24(32)34-20)19-5-6-21(22(25)12-19)18-4-7-23(27-13-18)30-10-9-29(2)28-16-30/h4-8,11-13,16,20,26H,1,9-10,14-15H2,2-3H3/b11-8-. The van der Waals surface area contributed by atoms with E-state index in [0.717, 1.165) is 18.9 Å². The van der Waals surface area contributed by atoms with Crippen molar-refractivity contribution in [3.63, 3.8) is 0 Å². The highest BCUT2D eigenvalue weighted by atomic mass is 19.1. The van der Waals surface area contributed by atoms with Crippen molar-refractivity contribution >= 4 is 23.9 Å². The Hall–Kier alpha value is -4.08. The van der Waals surface area contributed by atoms with Crippen molar-refractivity contribution in [1.29, 1.82) is 0 Å². The lowest BCUT2D eigenvalue weighted by molar-refractivity contribution is 0.142. The van der Waals surface area contributed by atoms with Crippen molar-refractivity contribution in [3.05, 3.63) is 67.0 Å². The molecule has 2 aromatic rings. The number of likely N-dealkylation sites (N-methyl/N-ethyl adjacent to an activating group) is 1. The molecule has 0 spiro atoms. The molecule has 1 fully saturated rings. The highest BCUT2D eigenvalue weighted by Crippen LogP contribution is 2.29. The maximum atomic E-state index is 15.0. The predicted molar refractivity (Wildman–Crippen MR) is 129 cm³/mol. The highest BCUT2D eigenvalue weighted by molar-refractivity contribution is 5.90. The summed E-state index contributed by atoms with van der Waals surface area (Å²) in [5, 5.41) is 9.17. The molecule has 10 heteroatoms. The van der Waals surface area contributed by atoms with Crippen LogP contribution in [0.3, 0.4) is 0 Å². The van der Waals surface area contributed by atoms with Crippen LogP contribution < -0.4 is 15.1 Å². The van der Waals surface area contributed by atoms with E-state index >= 15 is 0 Å². The lowest BCUT2D eigenvalue weighted by Gasteiger charge is -2.26. The van der Waals surface area contributed by atoms with Crippen molar-refractivity contribution < 1.29 is 18.7 Å². The number of ether oxygens (including phenoxy) is 2. The molecule has 9 nitrogen and oxygen atoms in total. The summed E-state index contributed by atoms with van der Waals surface area (Å²) in [6.45, 7) is 6.09. The number of benzene rings is 1. The molecule has 0 radical (unpaired) electrons. The molecular formula is C24H27FN6O3. The minimum Gasteiger partial charge on any atom is -0.504 e. The number of aromatic nitrogens is 1. The van der Waals surface area contributed by atoms with Crippen LogP contribution >= 0.6 is 0 Å². The second-order valence-electron chi connectivity index (χ2n) is 7.94. The summed E-state index contributed by atoms with van der Waals surface area (Å²) in [6.07, 6.45) is 5.62. The number of amides is 1. The molecule has 4 rings (SSSR count).